The van der Waals surface area contributed by atoms with Crippen molar-refractivity contribution >= 4 is 0 Å². The summed E-state index contributed by atoms with van der Waals surface area (Å²) < 4.78 is 1.88. The van der Waals surface area contributed by atoms with E-state index in [9.17, 15) is 4.79 Å². The average molecular weight is 259 g/mol. The van der Waals surface area contributed by atoms with Crippen LogP contribution in [0.1, 0.15) is 22.4 Å². The SMILES string of the molecule is CNCCc1c(C)n(-c2cc(C)cc(C)c2)[nH]c1=O. The third-order valence-corrected chi connectivity index (χ3v) is 3.35. The van der Waals surface area contributed by atoms with E-state index in [1.807, 2.05) is 18.7 Å². The molecule has 2 N–H and O–H groups in total. The molecule has 4 nitrogen and oxygen atoms in total. The van der Waals surface area contributed by atoms with Crippen LogP contribution in [0.3, 0.4) is 0 Å². The van der Waals surface area contributed by atoms with Gasteiger partial charge in [0.05, 0.1) is 5.69 Å². The Labute approximate surface area is 113 Å². The van der Waals surface area contributed by atoms with Crippen molar-refractivity contribution < 1.29 is 0 Å². The molecule has 2 rings (SSSR count). The van der Waals surface area contributed by atoms with Crippen LogP contribution in [0.5, 0.6) is 0 Å². The molecule has 2 aromatic rings. The molecule has 0 atom stereocenters. The van der Waals surface area contributed by atoms with Crippen molar-refractivity contribution in [3.63, 3.8) is 0 Å². The van der Waals surface area contributed by atoms with Gasteiger partial charge in [-0.3, -0.25) is 14.6 Å². The van der Waals surface area contributed by atoms with Crippen LogP contribution in [0, 0.1) is 20.8 Å². The second-order valence-electron chi connectivity index (χ2n) is 5.04. The van der Waals surface area contributed by atoms with Gasteiger partial charge >= 0.3 is 0 Å². The van der Waals surface area contributed by atoms with Crippen molar-refractivity contribution in [1.82, 2.24) is 15.1 Å². The summed E-state index contributed by atoms with van der Waals surface area (Å²) in [5.41, 5.74) is 5.26. The summed E-state index contributed by atoms with van der Waals surface area (Å²) in [5.74, 6) is 0. The van der Waals surface area contributed by atoms with Crippen LogP contribution < -0.4 is 10.9 Å². The van der Waals surface area contributed by atoms with Crippen LogP contribution in [0.4, 0.5) is 0 Å². The van der Waals surface area contributed by atoms with Crippen molar-refractivity contribution in [3.05, 3.63) is 50.9 Å². The Bertz CT molecular complexity index is 617. The number of aromatic amines is 1. The molecule has 1 aromatic heterocycles. The molecule has 0 amide bonds. The number of rotatable bonds is 4. The summed E-state index contributed by atoms with van der Waals surface area (Å²) in [6, 6.07) is 6.29. The molecule has 1 heterocycles. The largest absolute Gasteiger partial charge is 0.319 e. The van der Waals surface area contributed by atoms with Crippen molar-refractivity contribution in [2.75, 3.05) is 13.6 Å². The zero-order valence-electron chi connectivity index (χ0n) is 12.0. The van der Waals surface area contributed by atoms with Gasteiger partial charge in [-0.05, 0) is 64.0 Å². The summed E-state index contributed by atoms with van der Waals surface area (Å²) in [4.78, 5) is 12.0. The lowest BCUT2D eigenvalue weighted by Gasteiger charge is -2.08. The highest BCUT2D eigenvalue weighted by Gasteiger charge is 2.11. The first kappa shape index (κ1) is 13.6. The Balaban J connectivity index is 2.48. The van der Waals surface area contributed by atoms with Gasteiger partial charge in [-0.2, -0.15) is 0 Å². The molecule has 0 fully saturated rings. The van der Waals surface area contributed by atoms with E-state index < -0.39 is 0 Å². The first-order valence-corrected chi connectivity index (χ1v) is 6.56. The van der Waals surface area contributed by atoms with E-state index in [-0.39, 0.29) is 5.56 Å². The van der Waals surface area contributed by atoms with E-state index in [1.165, 1.54) is 11.1 Å². The standard InChI is InChI=1S/C15H21N3O/c1-10-7-11(2)9-13(8-10)18-12(3)14(5-6-16-4)15(19)17-18/h7-9,16H,5-6H2,1-4H3,(H,17,19). The molecule has 0 aliphatic carbocycles. The molecule has 0 saturated heterocycles. The van der Waals surface area contributed by atoms with Crippen LogP contribution in [0.25, 0.3) is 5.69 Å². The van der Waals surface area contributed by atoms with E-state index >= 15 is 0 Å². The minimum atomic E-state index is 0.00640. The second kappa shape index (κ2) is 5.45. The van der Waals surface area contributed by atoms with Gasteiger partial charge in [0, 0.05) is 11.3 Å². The maximum absolute atomic E-state index is 12.0. The molecule has 4 heteroatoms. The molecule has 0 saturated carbocycles. The van der Waals surface area contributed by atoms with Crippen molar-refractivity contribution in [3.8, 4) is 5.69 Å². The first-order chi connectivity index (χ1) is 9.02. The minimum Gasteiger partial charge on any atom is -0.319 e. The third kappa shape index (κ3) is 2.79. The number of likely N-dealkylation sites (N-methyl/N-ethyl adjacent to an activating group) is 1. The second-order valence-corrected chi connectivity index (χ2v) is 5.04. The van der Waals surface area contributed by atoms with Crippen LogP contribution in [-0.4, -0.2) is 23.4 Å². The van der Waals surface area contributed by atoms with Crippen LogP contribution >= 0.6 is 0 Å². The minimum absolute atomic E-state index is 0.00640. The van der Waals surface area contributed by atoms with Gasteiger partial charge in [0.25, 0.3) is 5.56 Å². The van der Waals surface area contributed by atoms with Gasteiger partial charge in [-0.15, -0.1) is 0 Å². The number of hydrogen-bond acceptors (Lipinski definition) is 2. The summed E-state index contributed by atoms with van der Waals surface area (Å²) >= 11 is 0. The van der Waals surface area contributed by atoms with Gasteiger partial charge in [-0.1, -0.05) is 6.07 Å². The molecular weight excluding hydrogens is 238 g/mol. The van der Waals surface area contributed by atoms with Crippen LogP contribution in [-0.2, 0) is 6.42 Å². The molecular formula is C15H21N3O. The van der Waals surface area contributed by atoms with E-state index in [0.717, 1.165) is 29.9 Å². The fourth-order valence-electron chi connectivity index (χ4n) is 2.43. The number of benzene rings is 1. The average Bonchev–Trinajstić information content (AvgIpc) is 2.61. The number of aryl methyl sites for hydroxylation is 2. The molecule has 0 bridgehead atoms. The fourth-order valence-corrected chi connectivity index (χ4v) is 2.43. The lowest BCUT2D eigenvalue weighted by atomic mass is 10.1. The normalized spacial score (nSPS) is 10.9. The van der Waals surface area contributed by atoms with Crippen LogP contribution in [0.2, 0.25) is 0 Å². The van der Waals surface area contributed by atoms with Gasteiger partial charge in [0.2, 0.25) is 0 Å². The predicted molar refractivity (Wildman–Crippen MR) is 78.2 cm³/mol. The predicted octanol–water partition coefficient (Wildman–Crippen LogP) is 1.85. The van der Waals surface area contributed by atoms with Gasteiger partial charge < -0.3 is 5.32 Å². The van der Waals surface area contributed by atoms with Gasteiger partial charge in [-0.25, -0.2) is 0 Å². The molecule has 102 valence electrons. The maximum Gasteiger partial charge on any atom is 0.267 e. The number of hydrogen-bond donors (Lipinski definition) is 2. The van der Waals surface area contributed by atoms with Gasteiger partial charge in [0.15, 0.2) is 0 Å². The zero-order valence-corrected chi connectivity index (χ0v) is 12.0. The maximum atomic E-state index is 12.0. The Morgan fingerprint density at radius 3 is 2.37 bits per heavy atom. The Morgan fingerprint density at radius 1 is 1.16 bits per heavy atom. The fraction of sp³-hybridized carbons (Fsp3) is 0.400. The van der Waals surface area contributed by atoms with E-state index in [1.54, 1.807) is 0 Å². The highest BCUT2D eigenvalue weighted by molar-refractivity contribution is 5.41. The quantitative estimate of drug-likeness (QED) is 0.880. The number of nitrogens with zero attached hydrogens (tertiary/aromatic N) is 1. The lowest BCUT2D eigenvalue weighted by molar-refractivity contribution is 0.783. The molecule has 0 radical (unpaired) electrons. The van der Waals surface area contributed by atoms with Crippen molar-refractivity contribution in [2.45, 2.75) is 27.2 Å². The number of nitrogens with one attached hydrogen (secondary N) is 2. The van der Waals surface area contributed by atoms with Crippen molar-refractivity contribution in [1.29, 1.82) is 0 Å². The van der Waals surface area contributed by atoms with Gasteiger partial charge in [0.1, 0.15) is 0 Å². The zero-order chi connectivity index (χ0) is 14.0. The summed E-state index contributed by atoms with van der Waals surface area (Å²) in [5, 5.41) is 6.00. The number of aromatic nitrogens is 2. The first-order valence-electron chi connectivity index (χ1n) is 6.56. The highest BCUT2D eigenvalue weighted by Crippen LogP contribution is 2.15. The van der Waals surface area contributed by atoms with E-state index in [0.29, 0.717) is 0 Å². The van der Waals surface area contributed by atoms with Crippen molar-refractivity contribution in [2.24, 2.45) is 0 Å². The number of H-pyrrole nitrogens is 1. The molecule has 19 heavy (non-hydrogen) atoms. The monoisotopic (exact) mass is 259 g/mol. The Hall–Kier alpha value is -1.81. The van der Waals surface area contributed by atoms with E-state index in [2.05, 4.69) is 42.5 Å². The molecule has 0 spiro atoms. The smallest absolute Gasteiger partial charge is 0.267 e. The van der Waals surface area contributed by atoms with E-state index in [4.69, 9.17) is 0 Å². The van der Waals surface area contributed by atoms with Crippen LogP contribution in [0.15, 0.2) is 23.0 Å². The Kier molecular flexibility index (Phi) is 3.90. The summed E-state index contributed by atoms with van der Waals surface area (Å²) in [6.45, 7) is 6.92. The topological polar surface area (TPSA) is 49.8 Å². The highest BCUT2D eigenvalue weighted by atomic mass is 16.1. The molecule has 1 aromatic carbocycles. The lowest BCUT2D eigenvalue weighted by Crippen LogP contribution is -2.15. The molecule has 0 aliphatic rings. The Morgan fingerprint density at radius 2 is 1.79 bits per heavy atom. The third-order valence-electron chi connectivity index (χ3n) is 3.35. The molecule has 0 aliphatic heterocycles. The molecule has 0 unspecified atom stereocenters. The summed E-state index contributed by atoms with van der Waals surface area (Å²) in [6.07, 6.45) is 0.746. The summed E-state index contributed by atoms with van der Waals surface area (Å²) in [7, 11) is 1.89.